The Hall–Kier alpha value is -2.11. The number of hydrogen-bond acceptors (Lipinski definition) is 6. The van der Waals surface area contributed by atoms with E-state index in [4.69, 9.17) is 14.2 Å². The number of carbonyl (C=O) groups is 3. The lowest BCUT2D eigenvalue weighted by molar-refractivity contribution is -0.167. The molecule has 358 valence electrons. The normalized spacial score (nSPS) is 12.1. The maximum Gasteiger partial charge on any atom is 0.306 e. The molecule has 0 saturated heterocycles. The van der Waals surface area contributed by atoms with Crippen LogP contribution in [0.15, 0.2) is 24.3 Å². The summed E-state index contributed by atoms with van der Waals surface area (Å²) in [6.45, 7) is 6.59. The summed E-state index contributed by atoms with van der Waals surface area (Å²) >= 11 is 0. The fraction of sp³-hybridized carbons (Fsp3) is 0.873. The minimum atomic E-state index is -0.772. The Morgan fingerprint density at radius 2 is 0.623 bits per heavy atom. The van der Waals surface area contributed by atoms with E-state index in [-0.39, 0.29) is 31.1 Å². The van der Waals surface area contributed by atoms with Crippen molar-refractivity contribution in [2.75, 3.05) is 13.2 Å². The first kappa shape index (κ1) is 58.9. The summed E-state index contributed by atoms with van der Waals surface area (Å²) < 4.78 is 16.8. The third-order valence-electron chi connectivity index (χ3n) is 11.9. The zero-order valence-electron chi connectivity index (χ0n) is 40.9. The molecule has 0 bridgehead atoms. The molecule has 0 aromatic rings. The SMILES string of the molecule is CCC/C=C\C/C=C\CCCCCCCC(=O)OC(COC(=O)CCCCCCCCCCCCC)COC(=O)CCCCCCCCCCCCCCCCCCCCC. The highest BCUT2D eigenvalue weighted by atomic mass is 16.6. The smallest absolute Gasteiger partial charge is 0.306 e. The van der Waals surface area contributed by atoms with E-state index < -0.39 is 6.10 Å². The average molecular weight is 859 g/mol. The van der Waals surface area contributed by atoms with Gasteiger partial charge in [-0.2, -0.15) is 0 Å². The molecule has 0 aromatic carbocycles. The number of ether oxygens (including phenoxy) is 3. The van der Waals surface area contributed by atoms with Gasteiger partial charge in [0.1, 0.15) is 13.2 Å². The highest BCUT2D eigenvalue weighted by Gasteiger charge is 2.19. The molecule has 0 aromatic heterocycles. The summed E-state index contributed by atoms with van der Waals surface area (Å²) in [6.07, 6.45) is 57.4. The van der Waals surface area contributed by atoms with Gasteiger partial charge in [0, 0.05) is 19.3 Å². The van der Waals surface area contributed by atoms with E-state index in [9.17, 15) is 14.4 Å². The first-order chi connectivity index (χ1) is 30.0. The number of esters is 3. The van der Waals surface area contributed by atoms with E-state index in [2.05, 4.69) is 45.1 Å². The van der Waals surface area contributed by atoms with Gasteiger partial charge in [-0.05, 0) is 44.9 Å². The molecule has 6 nitrogen and oxygen atoms in total. The molecule has 0 amide bonds. The van der Waals surface area contributed by atoms with Crippen molar-refractivity contribution in [2.24, 2.45) is 0 Å². The van der Waals surface area contributed by atoms with Crippen LogP contribution in [0.4, 0.5) is 0 Å². The highest BCUT2D eigenvalue weighted by Crippen LogP contribution is 2.16. The molecule has 0 aliphatic rings. The minimum absolute atomic E-state index is 0.0721. The standard InChI is InChI=1S/C55H102O6/c1-4-7-10-13-16-19-22-24-25-26-27-28-29-31-33-36-39-42-45-48-54(57)60-51-52(50-59-53(56)47-44-41-38-35-32-21-18-15-12-9-6-3)61-55(58)49-46-43-40-37-34-30-23-20-17-14-11-8-5-2/h11,14,20,23,52H,4-10,12-13,15-19,21-22,24-51H2,1-3H3/b14-11-,23-20-. The Morgan fingerprint density at radius 3 is 0.967 bits per heavy atom. The highest BCUT2D eigenvalue weighted by molar-refractivity contribution is 5.71. The molecule has 0 aliphatic heterocycles. The van der Waals surface area contributed by atoms with Crippen LogP contribution in [-0.2, 0) is 28.6 Å². The van der Waals surface area contributed by atoms with Crippen LogP contribution in [0.1, 0.15) is 290 Å². The molecule has 6 heteroatoms. The van der Waals surface area contributed by atoms with Gasteiger partial charge < -0.3 is 14.2 Å². The summed E-state index contributed by atoms with van der Waals surface area (Å²) in [5, 5.41) is 0. The predicted octanol–water partition coefficient (Wildman–Crippen LogP) is 17.5. The molecule has 0 aliphatic carbocycles. The number of unbranched alkanes of at least 4 members (excludes halogenated alkanes) is 34. The van der Waals surface area contributed by atoms with Crippen molar-refractivity contribution in [3.8, 4) is 0 Å². The van der Waals surface area contributed by atoms with E-state index >= 15 is 0 Å². The van der Waals surface area contributed by atoms with Crippen molar-refractivity contribution in [2.45, 2.75) is 297 Å². The van der Waals surface area contributed by atoms with Crippen molar-refractivity contribution in [1.82, 2.24) is 0 Å². The summed E-state index contributed by atoms with van der Waals surface area (Å²) in [5.41, 5.74) is 0. The largest absolute Gasteiger partial charge is 0.462 e. The zero-order chi connectivity index (χ0) is 44.4. The maximum atomic E-state index is 12.8. The topological polar surface area (TPSA) is 78.9 Å². The van der Waals surface area contributed by atoms with Crippen LogP contribution in [0.25, 0.3) is 0 Å². The molecule has 61 heavy (non-hydrogen) atoms. The van der Waals surface area contributed by atoms with Gasteiger partial charge in [-0.25, -0.2) is 0 Å². The van der Waals surface area contributed by atoms with Gasteiger partial charge in [0.15, 0.2) is 6.10 Å². The summed E-state index contributed by atoms with van der Waals surface area (Å²) in [5.74, 6) is -0.872. The monoisotopic (exact) mass is 859 g/mol. The van der Waals surface area contributed by atoms with Crippen molar-refractivity contribution in [1.29, 1.82) is 0 Å². The molecule has 0 heterocycles. The van der Waals surface area contributed by atoms with Crippen molar-refractivity contribution >= 4 is 17.9 Å². The Balaban J connectivity index is 4.27. The van der Waals surface area contributed by atoms with Crippen LogP contribution in [-0.4, -0.2) is 37.2 Å². The van der Waals surface area contributed by atoms with Gasteiger partial charge >= 0.3 is 17.9 Å². The van der Waals surface area contributed by atoms with Crippen LogP contribution in [0.2, 0.25) is 0 Å². The van der Waals surface area contributed by atoms with Crippen molar-refractivity contribution < 1.29 is 28.6 Å². The summed E-state index contributed by atoms with van der Waals surface area (Å²) in [7, 11) is 0. The number of carbonyl (C=O) groups excluding carboxylic acids is 3. The first-order valence-corrected chi connectivity index (χ1v) is 26.8. The van der Waals surface area contributed by atoms with Crippen LogP contribution in [0.5, 0.6) is 0 Å². The van der Waals surface area contributed by atoms with Gasteiger partial charge in [0.25, 0.3) is 0 Å². The second-order valence-electron chi connectivity index (χ2n) is 18.2. The fourth-order valence-corrected chi connectivity index (χ4v) is 7.89. The van der Waals surface area contributed by atoms with E-state index in [1.807, 2.05) is 0 Å². The molecule has 0 N–H and O–H groups in total. The van der Waals surface area contributed by atoms with Gasteiger partial charge in [-0.3, -0.25) is 14.4 Å². The zero-order valence-corrected chi connectivity index (χ0v) is 40.9. The quantitative estimate of drug-likeness (QED) is 0.0262. The second kappa shape index (κ2) is 50.5. The van der Waals surface area contributed by atoms with Crippen molar-refractivity contribution in [3.63, 3.8) is 0 Å². The van der Waals surface area contributed by atoms with Crippen molar-refractivity contribution in [3.05, 3.63) is 24.3 Å². The number of rotatable bonds is 49. The lowest BCUT2D eigenvalue weighted by Crippen LogP contribution is -2.30. The molecular formula is C55H102O6. The van der Waals surface area contributed by atoms with Crippen LogP contribution < -0.4 is 0 Å². The van der Waals surface area contributed by atoms with E-state index in [0.29, 0.717) is 19.3 Å². The molecule has 0 saturated carbocycles. The third kappa shape index (κ3) is 48.8. The number of allylic oxidation sites excluding steroid dienone is 4. The second-order valence-corrected chi connectivity index (χ2v) is 18.2. The Bertz CT molecular complexity index is 989. The lowest BCUT2D eigenvalue weighted by Gasteiger charge is -2.18. The molecule has 1 atom stereocenters. The minimum Gasteiger partial charge on any atom is -0.462 e. The van der Waals surface area contributed by atoms with Gasteiger partial charge in [-0.15, -0.1) is 0 Å². The number of hydrogen-bond donors (Lipinski definition) is 0. The Morgan fingerprint density at radius 1 is 0.328 bits per heavy atom. The predicted molar refractivity (Wildman–Crippen MR) is 261 cm³/mol. The van der Waals surface area contributed by atoms with Crippen LogP contribution in [0, 0.1) is 0 Å². The molecule has 0 fully saturated rings. The summed E-state index contributed by atoms with van der Waals surface area (Å²) in [4.78, 5) is 37.9. The molecule has 0 spiro atoms. The average Bonchev–Trinajstić information content (AvgIpc) is 3.26. The fourth-order valence-electron chi connectivity index (χ4n) is 7.89. The van der Waals surface area contributed by atoms with Gasteiger partial charge in [-0.1, -0.05) is 251 Å². The van der Waals surface area contributed by atoms with Crippen LogP contribution >= 0.6 is 0 Å². The first-order valence-electron chi connectivity index (χ1n) is 26.8. The van der Waals surface area contributed by atoms with Crippen LogP contribution in [0.3, 0.4) is 0 Å². The third-order valence-corrected chi connectivity index (χ3v) is 11.9. The molecule has 1 unspecified atom stereocenters. The lowest BCUT2D eigenvalue weighted by atomic mass is 10.0. The molecule has 0 radical (unpaired) electrons. The molecule has 0 rings (SSSR count). The molecular weight excluding hydrogens is 757 g/mol. The Kier molecular flexibility index (Phi) is 48.8. The summed E-state index contributed by atoms with van der Waals surface area (Å²) in [6, 6.07) is 0. The van der Waals surface area contributed by atoms with E-state index in [1.54, 1.807) is 0 Å². The Labute approximate surface area is 379 Å². The maximum absolute atomic E-state index is 12.8. The van der Waals surface area contributed by atoms with Gasteiger partial charge in [0.2, 0.25) is 0 Å². The van der Waals surface area contributed by atoms with Gasteiger partial charge in [0.05, 0.1) is 0 Å². The van der Waals surface area contributed by atoms with E-state index in [1.165, 1.54) is 161 Å². The van der Waals surface area contributed by atoms with E-state index in [0.717, 1.165) is 89.9 Å².